The molecule has 1 fully saturated rings. The number of nitrogens with two attached hydrogens (primary N) is 1. The molecule has 0 saturated carbocycles. The second-order valence-electron chi connectivity index (χ2n) is 4.11. The van der Waals surface area contributed by atoms with Crippen LogP contribution in [0.5, 0.6) is 0 Å². The van der Waals surface area contributed by atoms with Gasteiger partial charge in [0.25, 0.3) is 0 Å². The third kappa shape index (κ3) is 3.33. The normalized spacial score (nSPS) is 19.9. The van der Waals surface area contributed by atoms with E-state index >= 15 is 0 Å². The van der Waals surface area contributed by atoms with Crippen molar-refractivity contribution in [2.24, 2.45) is 5.73 Å². The quantitative estimate of drug-likeness (QED) is 0.828. The Balaban J connectivity index is 2.16. The van der Waals surface area contributed by atoms with Crippen LogP contribution in [-0.4, -0.2) is 22.5 Å². The van der Waals surface area contributed by atoms with Crippen molar-refractivity contribution in [1.29, 1.82) is 0 Å². The summed E-state index contributed by atoms with van der Waals surface area (Å²) in [5.41, 5.74) is 7.04. The fraction of sp³-hybridized carbons (Fsp3) is 0.417. The number of benzene rings is 1. The molecular formula is C12H15FN2S2. The summed E-state index contributed by atoms with van der Waals surface area (Å²) in [4.78, 5) is 0.232. The molecule has 1 heterocycles. The molecule has 3 N–H and O–H groups in total. The minimum atomic E-state index is -0.309. The van der Waals surface area contributed by atoms with Gasteiger partial charge in [-0.3, -0.25) is 0 Å². The number of hydrogen-bond acceptors (Lipinski definition) is 3. The molecule has 0 aliphatic carbocycles. The zero-order chi connectivity index (χ0) is 12.3. The highest BCUT2D eigenvalue weighted by molar-refractivity contribution is 7.99. The highest BCUT2D eigenvalue weighted by atomic mass is 32.2. The first kappa shape index (κ1) is 12.6. The van der Waals surface area contributed by atoms with E-state index in [1.165, 1.54) is 24.3 Å². The van der Waals surface area contributed by atoms with Crippen LogP contribution in [0.1, 0.15) is 18.4 Å². The molecule has 1 aromatic rings. The molecule has 0 radical (unpaired) electrons. The topological polar surface area (TPSA) is 38.0 Å². The van der Waals surface area contributed by atoms with Crippen molar-refractivity contribution in [2.75, 3.05) is 16.8 Å². The van der Waals surface area contributed by atoms with Gasteiger partial charge in [-0.25, -0.2) is 4.39 Å². The van der Waals surface area contributed by atoms with E-state index < -0.39 is 0 Å². The average Bonchev–Trinajstić information content (AvgIpc) is 2.32. The van der Waals surface area contributed by atoms with Gasteiger partial charge in [0.2, 0.25) is 0 Å². The maximum Gasteiger partial charge on any atom is 0.124 e. The average molecular weight is 270 g/mol. The van der Waals surface area contributed by atoms with Gasteiger partial charge in [0.05, 0.1) is 0 Å². The molecule has 2 nitrogen and oxygen atoms in total. The second-order valence-corrected chi connectivity index (χ2v) is 5.70. The molecule has 1 saturated heterocycles. The number of anilines is 1. The summed E-state index contributed by atoms with van der Waals surface area (Å²) in [7, 11) is 0. The summed E-state index contributed by atoms with van der Waals surface area (Å²) < 4.78 is 13.1. The van der Waals surface area contributed by atoms with E-state index in [-0.39, 0.29) is 10.8 Å². The van der Waals surface area contributed by atoms with Crippen LogP contribution in [0.2, 0.25) is 0 Å². The van der Waals surface area contributed by atoms with Crippen LogP contribution < -0.4 is 11.1 Å². The molecule has 17 heavy (non-hydrogen) atoms. The first-order valence-corrected chi connectivity index (χ1v) is 7.17. The van der Waals surface area contributed by atoms with E-state index in [1.807, 2.05) is 11.8 Å². The number of hydrogen-bond donors (Lipinski definition) is 2. The Labute approximate surface area is 110 Å². The first-order valence-electron chi connectivity index (χ1n) is 5.60. The minimum absolute atomic E-state index is 0.232. The molecule has 1 aromatic carbocycles. The van der Waals surface area contributed by atoms with Crippen LogP contribution in [0.25, 0.3) is 0 Å². The van der Waals surface area contributed by atoms with Gasteiger partial charge in [0.15, 0.2) is 0 Å². The van der Waals surface area contributed by atoms with Gasteiger partial charge in [0.1, 0.15) is 10.8 Å². The summed E-state index contributed by atoms with van der Waals surface area (Å²) in [6, 6.07) is 4.95. The zero-order valence-electron chi connectivity index (χ0n) is 9.41. The lowest BCUT2D eigenvalue weighted by atomic mass is 10.1. The molecule has 5 heteroatoms. The Morgan fingerprint density at radius 2 is 2.35 bits per heavy atom. The maximum atomic E-state index is 13.1. The molecule has 0 amide bonds. The van der Waals surface area contributed by atoms with E-state index in [4.69, 9.17) is 18.0 Å². The van der Waals surface area contributed by atoms with E-state index in [2.05, 4.69) is 5.32 Å². The maximum absolute atomic E-state index is 13.1. The van der Waals surface area contributed by atoms with Crippen molar-refractivity contribution in [3.63, 3.8) is 0 Å². The van der Waals surface area contributed by atoms with Gasteiger partial charge < -0.3 is 11.1 Å². The number of halogens is 1. The summed E-state index contributed by atoms with van der Waals surface area (Å²) in [5, 5.41) is 3.40. The van der Waals surface area contributed by atoms with Crippen LogP contribution in [0.3, 0.4) is 0 Å². The van der Waals surface area contributed by atoms with Crippen molar-refractivity contribution in [2.45, 2.75) is 18.9 Å². The second kappa shape index (κ2) is 5.69. The van der Waals surface area contributed by atoms with E-state index in [9.17, 15) is 4.39 Å². The number of thiocarbonyl (C=S) groups is 1. The lowest BCUT2D eigenvalue weighted by Gasteiger charge is -2.24. The summed E-state index contributed by atoms with van der Waals surface area (Å²) in [6.45, 7) is 0. The predicted octanol–water partition coefficient (Wildman–Crippen LogP) is 2.77. The molecule has 1 atom stereocenters. The van der Waals surface area contributed by atoms with Gasteiger partial charge in [-0.2, -0.15) is 11.8 Å². The molecule has 0 spiro atoms. The molecule has 92 valence electrons. The van der Waals surface area contributed by atoms with Crippen molar-refractivity contribution in [1.82, 2.24) is 0 Å². The largest absolute Gasteiger partial charge is 0.389 e. The SMILES string of the molecule is NC(=S)c1cc(F)ccc1NC1CCCSC1. The Morgan fingerprint density at radius 3 is 3.00 bits per heavy atom. The van der Waals surface area contributed by atoms with Gasteiger partial charge in [-0.1, -0.05) is 12.2 Å². The van der Waals surface area contributed by atoms with E-state index in [1.54, 1.807) is 6.07 Å². The Bertz CT molecular complexity index is 417. The molecule has 2 rings (SSSR count). The van der Waals surface area contributed by atoms with Crippen LogP contribution in [0.15, 0.2) is 18.2 Å². The summed E-state index contributed by atoms with van der Waals surface area (Å²) in [6.07, 6.45) is 2.35. The number of thioether (sulfide) groups is 1. The lowest BCUT2D eigenvalue weighted by molar-refractivity contribution is 0.627. The number of nitrogens with one attached hydrogen (secondary N) is 1. The van der Waals surface area contributed by atoms with Gasteiger partial charge in [0, 0.05) is 23.0 Å². The summed E-state index contributed by atoms with van der Waals surface area (Å²) >= 11 is 6.88. The van der Waals surface area contributed by atoms with Crippen LogP contribution >= 0.6 is 24.0 Å². The standard InChI is InChI=1S/C12H15FN2S2/c13-8-3-4-11(10(6-8)12(14)16)15-9-2-1-5-17-7-9/h3-4,6,9,15H,1-2,5,7H2,(H2,14,16). The van der Waals surface area contributed by atoms with E-state index in [0.717, 1.165) is 17.9 Å². The van der Waals surface area contributed by atoms with Crippen molar-refractivity contribution >= 4 is 34.7 Å². The van der Waals surface area contributed by atoms with Crippen molar-refractivity contribution < 1.29 is 4.39 Å². The Morgan fingerprint density at radius 1 is 1.53 bits per heavy atom. The first-order chi connectivity index (χ1) is 8.16. The highest BCUT2D eigenvalue weighted by Crippen LogP contribution is 2.23. The van der Waals surface area contributed by atoms with Crippen LogP contribution in [0.4, 0.5) is 10.1 Å². The Hall–Kier alpha value is -0.810. The Kier molecular flexibility index (Phi) is 4.23. The van der Waals surface area contributed by atoms with Crippen LogP contribution in [0, 0.1) is 5.82 Å². The fourth-order valence-electron chi connectivity index (χ4n) is 1.92. The molecule has 0 bridgehead atoms. The molecule has 1 aliphatic rings. The van der Waals surface area contributed by atoms with Crippen molar-refractivity contribution in [3.05, 3.63) is 29.6 Å². The third-order valence-corrected chi connectivity index (χ3v) is 4.20. The lowest BCUT2D eigenvalue weighted by Crippen LogP contribution is -2.27. The highest BCUT2D eigenvalue weighted by Gasteiger charge is 2.15. The predicted molar refractivity (Wildman–Crippen MR) is 76.3 cm³/mol. The minimum Gasteiger partial charge on any atom is -0.389 e. The van der Waals surface area contributed by atoms with Gasteiger partial charge >= 0.3 is 0 Å². The number of rotatable bonds is 3. The molecule has 0 aromatic heterocycles. The monoisotopic (exact) mass is 270 g/mol. The molecule has 1 unspecified atom stereocenters. The molecule has 1 aliphatic heterocycles. The third-order valence-electron chi connectivity index (χ3n) is 2.77. The fourth-order valence-corrected chi connectivity index (χ4v) is 3.16. The smallest absolute Gasteiger partial charge is 0.124 e. The van der Waals surface area contributed by atoms with Crippen LogP contribution in [-0.2, 0) is 0 Å². The van der Waals surface area contributed by atoms with Gasteiger partial charge in [-0.05, 0) is 36.8 Å². The zero-order valence-corrected chi connectivity index (χ0v) is 11.0. The van der Waals surface area contributed by atoms with E-state index in [0.29, 0.717) is 11.6 Å². The van der Waals surface area contributed by atoms with Gasteiger partial charge in [-0.15, -0.1) is 0 Å². The van der Waals surface area contributed by atoms with Crippen molar-refractivity contribution in [3.8, 4) is 0 Å². The summed E-state index contributed by atoms with van der Waals surface area (Å²) in [5.74, 6) is 1.99. The molecular weight excluding hydrogens is 255 g/mol.